The molecule has 0 saturated carbocycles. The topological polar surface area (TPSA) is 43.5 Å². The standard InChI is InChI=1S/C17H11N3/c1-20-16-7-6-11(10-18)8-12(16)9-14-13-4-2-3-5-15(13)19-17(14)20/h2-9H,1H3/p+1. The molecule has 20 heavy (non-hydrogen) atoms. The van der Waals surface area contributed by atoms with Crippen molar-refractivity contribution >= 4 is 32.8 Å². The molecule has 0 amide bonds. The number of nitriles is 1. The van der Waals surface area contributed by atoms with Crippen LogP contribution in [0, 0.1) is 11.3 Å². The summed E-state index contributed by atoms with van der Waals surface area (Å²) >= 11 is 0. The zero-order valence-electron chi connectivity index (χ0n) is 11.0. The first-order chi connectivity index (χ1) is 9.78. The molecule has 2 aromatic carbocycles. The Morgan fingerprint density at radius 1 is 1.05 bits per heavy atom. The minimum absolute atomic E-state index is 0.691. The molecule has 0 bridgehead atoms. The summed E-state index contributed by atoms with van der Waals surface area (Å²) in [7, 11) is 2.05. The molecule has 2 aromatic heterocycles. The predicted molar refractivity (Wildman–Crippen MR) is 79.2 cm³/mol. The molecular weight excluding hydrogens is 246 g/mol. The van der Waals surface area contributed by atoms with E-state index in [1.54, 1.807) is 0 Å². The van der Waals surface area contributed by atoms with Crippen LogP contribution in [0.15, 0.2) is 48.5 Å². The highest BCUT2D eigenvalue weighted by atomic mass is 15.0. The zero-order chi connectivity index (χ0) is 13.7. The van der Waals surface area contributed by atoms with Gasteiger partial charge in [0.15, 0.2) is 0 Å². The molecular formula is C17H12N3+. The van der Waals surface area contributed by atoms with E-state index >= 15 is 0 Å². The van der Waals surface area contributed by atoms with Crippen LogP contribution < -0.4 is 4.57 Å². The molecule has 0 radical (unpaired) electrons. The van der Waals surface area contributed by atoms with E-state index in [-0.39, 0.29) is 0 Å². The minimum Gasteiger partial charge on any atom is -0.240 e. The van der Waals surface area contributed by atoms with E-state index in [2.05, 4.69) is 33.8 Å². The molecule has 0 fully saturated rings. The van der Waals surface area contributed by atoms with E-state index in [1.165, 1.54) is 10.8 Å². The molecule has 0 spiro atoms. The zero-order valence-corrected chi connectivity index (χ0v) is 11.0. The third kappa shape index (κ3) is 1.36. The Balaban J connectivity index is 2.25. The molecule has 0 unspecified atom stereocenters. The van der Waals surface area contributed by atoms with Gasteiger partial charge in [-0.15, -0.1) is 0 Å². The van der Waals surface area contributed by atoms with Crippen LogP contribution >= 0.6 is 0 Å². The van der Waals surface area contributed by atoms with E-state index < -0.39 is 0 Å². The maximum atomic E-state index is 9.05. The van der Waals surface area contributed by atoms with Gasteiger partial charge in [0.05, 0.1) is 24.1 Å². The van der Waals surface area contributed by atoms with Gasteiger partial charge in [0.1, 0.15) is 11.0 Å². The fraction of sp³-hybridized carbons (Fsp3) is 0.0588. The first kappa shape index (κ1) is 11.0. The molecule has 0 atom stereocenters. The fourth-order valence-electron chi connectivity index (χ4n) is 2.88. The molecule has 0 aliphatic rings. The number of hydrogen-bond donors (Lipinski definition) is 1. The normalized spacial score (nSPS) is 11.2. The number of rotatable bonds is 0. The quantitative estimate of drug-likeness (QED) is 0.484. The Kier molecular flexibility index (Phi) is 2.10. The van der Waals surface area contributed by atoms with Crippen LogP contribution in [-0.4, -0.2) is 4.98 Å². The third-order valence-corrected chi connectivity index (χ3v) is 3.88. The molecule has 4 rings (SSSR count). The second kappa shape index (κ2) is 3.82. The average Bonchev–Trinajstić information content (AvgIpc) is 2.86. The van der Waals surface area contributed by atoms with Crippen LogP contribution in [0.25, 0.3) is 32.8 Å². The molecule has 1 N–H and O–H groups in total. The summed E-state index contributed by atoms with van der Waals surface area (Å²) in [6.07, 6.45) is 0. The van der Waals surface area contributed by atoms with Gasteiger partial charge in [-0.25, -0.2) is 9.55 Å². The van der Waals surface area contributed by atoms with Gasteiger partial charge in [0, 0.05) is 10.8 Å². The number of para-hydroxylation sites is 1. The lowest BCUT2D eigenvalue weighted by atomic mass is 10.1. The third-order valence-electron chi connectivity index (χ3n) is 3.88. The van der Waals surface area contributed by atoms with Gasteiger partial charge >= 0.3 is 0 Å². The van der Waals surface area contributed by atoms with Crippen molar-refractivity contribution in [3.05, 3.63) is 54.1 Å². The summed E-state index contributed by atoms with van der Waals surface area (Å²) in [4.78, 5) is 3.46. The van der Waals surface area contributed by atoms with Gasteiger partial charge in [-0.3, -0.25) is 0 Å². The largest absolute Gasteiger partial charge is 0.287 e. The van der Waals surface area contributed by atoms with Gasteiger partial charge in [-0.1, -0.05) is 12.1 Å². The van der Waals surface area contributed by atoms with Crippen LogP contribution in [0.1, 0.15) is 5.56 Å². The van der Waals surface area contributed by atoms with Crippen LogP contribution in [-0.2, 0) is 7.05 Å². The molecule has 94 valence electrons. The summed E-state index contributed by atoms with van der Waals surface area (Å²) in [6.45, 7) is 0. The van der Waals surface area contributed by atoms with E-state index in [9.17, 15) is 0 Å². The lowest BCUT2D eigenvalue weighted by Crippen LogP contribution is -2.30. The molecule has 3 heteroatoms. The molecule has 0 aliphatic heterocycles. The number of nitrogens with one attached hydrogen (secondary N) is 1. The van der Waals surface area contributed by atoms with Gasteiger partial charge in [-0.05, 0) is 36.4 Å². The highest BCUT2D eigenvalue weighted by molar-refractivity contribution is 6.07. The number of H-pyrrole nitrogens is 1. The summed E-state index contributed by atoms with van der Waals surface area (Å²) in [6, 6.07) is 18.4. The number of benzene rings is 2. The maximum absolute atomic E-state index is 9.05. The second-order valence-electron chi connectivity index (χ2n) is 5.02. The van der Waals surface area contributed by atoms with Crippen molar-refractivity contribution in [2.75, 3.05) is 0 Å². The van der Waals surface area contributed by atoms with Crippen molar-refractivity contribution in [3.63, 3.8) is 0 Å². The first-order valence-electron chi connectivity index (χ1n) is 6.51. The van der Waals surface area contributed by atoms with Crippen LogP contribution in [0.5, 0.6) is 0 Å². The number of aromatic amines is 1. The fourth-order valence-corrected chi connectivity index (χ4v) is 2.88. The number of fused-ring (bicyclic) bond motifs is 4. The van der Waals surface area contributed by atoms with Gasteiger partial charge in [-0.2, -0.15) is 5.26 Å². The van der Waals surface area contributed by atoms with Gasteiger partial charge in [0.25, 0.3) is 5.65 Å². The number of nitrogens with zero attached hydrogens (tertiary/aromatic N) is 2. The minimum atomic E-state index is 0.691. The monoisotopic (exact) mass is 258 g/mol. The highest BCUT2D eigenvalue weighted by Gasteiger charge is 2.15. The van der Waals surface area contributed by atoms with Crippen molar-refractivity contribution < 1.29 is 4.57 Å². The molecule has 0 aliphatic carbocycles. The Hall–Kier alpha value is -2.86. The SMILES string of the molecule is C[n+]1c2ccc(C#N)cc2cc2c3ccccc3[nH]c21. The van der Waals surface area contributed by atoms with Crippen molar-refractivity contribution in [2.45, 2.75) is 0 Å². The van der Waals surface area contributed by atoms with E-state index in [4.69, 9.17) is 5.26 Å². The van der Waals surface area contributed by atoms with Crippen molar-refractivity contribution in [3.8, 4) is 6.07 Å². The van der Waals surface area contributed by atoms with Gasteiger partial charge < -0.3 is 0 Å². The lowest BCUT2D eigenvalue weighted by molar-refractivity contribution is -0.619. The van der Waals surface area contributed by atoms with Crippen molar-refractivity contribution in [1.82, 2.24) is 4.98 Å². The van der Waals surface area contributed by atoms with Crippen LogP contribution in [0.4, 0.5) is 0 Å². The molecule has 3 nitrogen and oxygen atoms in total. The van der Waals surface area contributed by atoms with E-state index in [1.807, 2.05) is 37.4 Å². The van der Waals surface area contributed by atoms with E-state index in [0.717, 1.165) is 22.1 Å². The highest BCUT2D eigenvalue weighted by Crippen LogP contribution is 2.26. The van der Waals surface area contributed by atoms with Crippen LogP contribution in [0.3, 0.4) is 0 Å². The molecule has 2 heterocycles. The number of hydrogen-bond acceptors (Lipinski definition) is 1. The maximum Gasteiger partial charge on any atom is 0.287 e. The molecule has 4 aromatic rings. The molecule has 0 saturated heterocycles. The lowest BCUT2D eigenvalue weighted by Gasteiger charge is -2.01. The van der Waals surface area contributed by atoms with Crippen molar-refractivity contribution in [1.29, 1.82) is 5.26 Å². The predicted octanol–water partition coefficient (Wildman–Crippen LogP) is 3.17. The van der Waals surface area contributed by atoms with E-state index in [0.29, 0.717) is 5.56 Å². The Bertz CT molecular complexity index is 1020. The average molecular weight is 258 g/mol. The van der Waals surface area contributed by atoms with Crippen LogP contribution in [0.2, 0.25) is 0 Å². The Morgan fingerprint density at radius 2 is 1.90 bits per heavy atom. The summed E-state index contributed by atoms with van der Waals surface area (Å²) in [5, 5.41) is 12.5. The number of aromatic nitrogens is 2. The Morgan fingerprint density at radius 3 is 2.75 bits per heavy atom. The Labute approximate surface area is 115 Å². The summed E-state index contributed by atoms with van der Waals surface area (Å²) in [5.74, 6) is 0. The smallest absolute Gasteiger partial charge is 0.240 e. The summed E-state index contributed by atoms with van der Waals surface area (Å²) < 4.78 is 2.14. The van der Waals surface area contributed by atoms with Crippen molar-refractivity contribution in [2.24, 2.45) is 7.05 Å². The number of aryl methyl sites for hydroxylation is 1. The first-order valence-corrected chi connectivity index (χ1v) is 6.51. The van der Waals surface area contributed by atoms with Gasteiger partial charge in [0.2, 0.25) is 0 Å². The second-order valence-corrected chi connectivity index (χ2v) is 5.02. The summed E-state index contributed by atoms with van der Waals surface area (Å²) in [5.41, 5.74) is 4.04. The number of pyridine rings is 1.